The molecular formula is C23H27N3O5. The fraction of sp³-hybridized carbons (Fsp3) is 0.435. The second-order valence-electron chi connectivity index (χ2n) is 8.31. The summed E-state index contributed by atoms with van der Waals surface area (Å²) in [7, 11) is 1.69. The van der Waals surface area contributed by atoms with Gasteiger partial charge in [-0.05, 0) is 37.0 Å². The van der Waals surface area contributed by atoms with Crippen LogP contribution in [0.5, 0.6) is 11.5 Å². The average Bonchev–Trinajstić information content (AvgIpc) is 2.78. The molecule has 2 aromatic carbocycles. The second kappa shape index (κ2) is 8.83. The van der Waals surface area contributed by atoms with Crippen LogP contribution in [0, 0.1) is 16.0 Å². The zero-order valence-electron chi connectivity index (χ0n) is 17.8. The van der Waals surface area contributed by atoms with Gasteiger partial charge in [0.05, 0.1) is 22.7 Å². The van der Waals surface area contributed by atoms with E-state index in [1.165, 1.54) is 12.1 Å². The number of piperidine rings is 1. The number of amides is 1. The number of non-ortho nitro benzene ring substituents is 1. The van der Waals surface area contributed by atoms with Crippen molar-refractivity contribution in [2.75, 3.05) is 38.2 Å². The van der Waals surface area contributed by atoms with Crippen LogP contribution in [0.1, 0.15) is 30.1 Å². The van der Waals surface area contributed by atoms with E-state index in [4.69, 9.17) is 9.47 Å². The SMILES string of the molecule is CC1CCN(c2ccc([N+](=O)[O-])cc2C(=O)N(C)CC2COc3ccccc3O2)CC1. The normalized spacial score (nSPS) is 18.5. The minimum absolute atomic E-state index is 0.0861. The standard InChI is InChI=1S/C23H27N3O5/c1-16-9-11-25(12-10-16)20-8-7-17(26(28)29)13-19(20)23(27)24(2)14-18-15-30-21-5-3-4-6-22(21)31-18/h3-8,13,16,18H,9-12,14-15H2,1-2H3. The molecule has 8 heteroatoms. The number of anilines is 1. The second-order valence-corrected chi connectivity index (χ2v) is 8.31. The van der Waals surface area contributed by atoms with E-state index in [2.05, 4.69) is 11.8 Å². The van der Waals surface area contributed by atoms with E-state index in [-0.39, 0.29) is 17.7 Å². The maximum atomic E-state index is 13.3. The first-order valence-electron chi connectivity index (χ1n) is 10.6. The number of hydrogen-bond acceptors (Lipinski definition) is 6. The van der Waals surface area contributed by atoms with Crippen LogP contribution in [0.4, 0.5) is 11.4 Å². The fourth-order valence-electron chi connectivity index (χ4n) is 4.08. The van der Waals surface area contributed by atoms with Crippen LogP contribution >= 0.6 is 0 Å². The Labute approximate surface area is 181 Å². The van der Waals surface area contributed by atoms with Gasteiger partial charge in [0.2, 0.25) is 0 Å². The zero-order valence-corrected chi connectivity index (χ0v) is 17.8. The smallest absolute Gasteiger partial charge is 0.270 e. The first-order valence-corrected chi connectivity index (χ1v) is 10.6. The van der Waals surface area contributed by atoms with Crippen molar-refractivity contribution in [3.63, 3.8) is 0 Å². The predicted molar refractivity (Wildman–Crippen MR) is 117 cm³/mol. The zero-order chi connectivity index (χ0) is 22.0. The van der Waals surface area contributed by atoms with Crippen LogP contribution in [-0.2, 0) is 0 Å². The van der Waals surface area contributed by atoms with Crippen LogP contribution < -0.4 is 14.4 Å². The van der Waals surface area contributed by atoms with Crippen molar-refractivity contribution in [2.24, 2.45) is 5.92 Å². The Hall–Kier alpha value is -3.29. The van der Waals surface area contributed by atoms with Gasteiger partial charge in [-0.25, -0.2) is 0 Å². The van der Waals surface area contributed by atoms with Crippen molar-refractivity contribution in [2.45, 2.75) is 25.9 Å². The summed E-state index contributed by atoms with van der Waals surface area (Å²) < 4.78 is 11.7. The number of likely N-dealkylation sites (N-methyl/N-ethyl adjacent to an activating group) is 1. The Morgan fingerprint density at radius 1 is 1.19 bits per heavy atom. The Balaban J connectivity index is 1.53. The summed E-state index contributed by atoms with van der Waals surface area (Å²) in [6.45, 7) is 4.53. The summed E-state index contributed by atoms with van der Waals surface area (Å²) in [5, 5.41) is 11.3. The van der Waals surface area contributed by atoms with Crippen molar-refractivity contribution < 1.29 is 19.2 Å². The van der Waals surface area contributed by atoms with E-state index in [1.807, 2.05) is 24.3 Å². The van der Waals surface area contributed by atoms with E-state index in [0.29, 0.717) is 36.1 Å². The molecule has 2 aromatic rings. The highest BCUT2D eigenvalue weighted by Crippen LogP contribution is 2.32. The molecule has 1 atom stereocenters. The van der Waals surface area contributed by atoms with Crippen LogP contribution in [0.2, 0.25) is 0 Å². The lowest BCUT2D eigenvalue weighted by atomic mass is 9.97. The number of hydrogen-bond donors (Lipinski definition) is 0. The summed E-state index contributed by atoms with van der Waals surface area (Å²) in [5.41, 5.74) is 1.01. The first-order chi connectivity index (χ1) is 14.9. The lowest BCUT2D eigenvalue weighted by Crippen LogP contribution is -2.42. The highest BCUT2D eigenvalue weighted by atomic mass is 16.6. The summed E-state index contributed by atoms with van der Waals surface area (Å²) in [6.07, 6.45) is 1.75. The molecule has 0 N–H and O–H groups in total. The Morgan fingerprint density at radius 3 is 2.61 bits per heavy atom. The van der Waals surface area contributed by atoms with Crippen molar-refractivity contribution in [1.82, 2.24) is 4.90 Å². The summed E-state index contributed by atoms with van der Waals surface area (Å²) in [5.74, 6) is 1.72. The number of carbonyl (C=O) groups excluding carboxylic acids is 1. The number of rotatable bonds is 5. The molecule has 8 nitrogen and oxygen atoms in total. The molecule has 1 amide bonds. The van der Waals surface area contributed by atoms with Crippen LogP contribution in [0.25, 0.3) is 0 Å². The first kappa shape index (κ1) is 21.0. The molecule has 2 heterocycles. The van der Waals surface area contributed by atoms with Crippen molar-refractivity contribution in [1.29, 1.82) is 0 Å². The van der Waals surface area contributed by atoms with Crippen molar-refractivity contribution in [3.05, 3.63) is 58.1 Å². The monoisotopic (exact) mass is 425 g/mol. The molecule has 0 spiro atoms. The predicted octanol–water partition coefficient (Wildman–Crippen LogP) is 3.74. The van der Waals surface area contributed by atoms with Gasteiger partial charge in [0.15, 0.2) is 17.6 Å². The van der Waals surface area contributed by atoms with E-state index in [1.54, 1.807) is 18.0 Å². The fourth-order valence-corrected chi connectivity index (χ4v) is 4.08. The van der Waals surface area contributed by atoms with Gasteiger partial charge < -0.3 is 19.3 Å². The number of carbonyl (C=O) groups is 1. The summed E-state index contributed by atoms with van der Waals surface area (Å²) in [4.78, 5) is 27.9. The van der Waals surface area contributed by atoms with Crippen molar-refractivity contribution >= 4 is 17.3 Å². The molecule has 1 unspecified atom stereocenters. The number of nitrogens with zero attached hydrogens (tertiary/aromatic N) is 3. The maximum Gasteiger partial charge on any atom is 0.270 e. The van der Waals surface area contributed by atoms with Crippen molar-refractivity contribution in [3.8, 4) is 11.5 Å². The highest BCUT2D eigenvalue weighted by molar-refractivity contribution is 6.00. The Bertz CT molecular complexity index is 971. The molecule has 4 rings (SSSR count). The number of para-hydroxylation sites is 2. The molecule has 31 heavy (non-hydrogen) atoms. The lowest BCUT2D eigenvalue weighted by Gasteiger charge is -2.34. The number of nitro benzene ring substituents is 1. The molecule has 0 saturated carbocycles. The number of benzene rings is 2. The Morgan fingerprint density at radius 2 is 1.90 bits per heavy atom. The van der Waals surface area contributed by atoms with Crippen LogP contribution in [-0.4, -0.2) is 55.1 Å². The molecule has 1 fully saturated rings. The van der Waals surface area contributed by atoms with E-state index < -0.39 is 4.92 Å². The van der Waals surface area contributed by atoms with Gasteiger partial charge >= 0.3 is 0 Å². The third kappa shape index (κ3) is 4.57. The van der Waals surface area contributed by atoms with Crippen LogP contribution in [0.3, 0.4) is 0 Å². The molecule has 0 aromatic heterocycles. The topological polar surface area (TPSA) is 85.2 Å². The average molecular weight is 425 g/mol. The van der Waals surface area contributed by atoms with Gasteiger partial charge in [0.1, 0.15) is 6.61 Å². The molecular weight excluding hydrogens is 398 g/mol. The van der Waals surface area contributed by atoms with Gasteiger partial charge in [0, 0.05) is 32.3 Å². The van der Waals surface area contributed by atoms with Gasteiger partial charge in [-0.1, -0.05) is 19.1 Å². The molecule has 164 valence electrons. The molecule has 0 bridgehead atoms. The number of fused-ring (bicyclic) bond motifs is 1. The molecule has 0 aliphatic carbocycles. The summed E-state index contributed by atoms with van der Waals surface area (Å²) in [6, 6.07) is 12.0. The Kier molecular flexibility index (Phi) is 5.97. The molecule has 0 radical (unpaired) electrons. The minimum atomic E-state index is -0.464. The van der Waals surface area contributed by atoms with Gasteiger partial charge in [-0.15, -0.1) is 0 Å². The lowest BCUT2D eigenvalue weighted by molar-refractivity contribution is -0.384. The minimum Gasteiger partial charge on any atom is -0.486 e. The van der Waals surface area contributed by atoms with Gasteiger partial charge in [-0.2, -0.15) is 0 Å². The maximum absolute atomic E-state index is 13.3. The number of nitro groups is 1. The molecule has 1 saturated heterocycles. The highest BCUT2D eigenvalue weighted by Gasteiger charge is 2.28. The third-order valence-electron chi connectivity index (χ3n) is 5.94. The largest absolute Gasteiger partial charge is 0.486 e. The van der Waals surface area contributed by atoms with Crippen LogP contribution in [0.15, 0.2) is 42.5 Å². The summed E-state index contributed by atoms with van der Waals surface area (Å²) >= 11 is 0. The quantitative estimate of drug-likeness (QED) is 0.536. The molecule has 2 aliphatic rings. The van der Waals surface area contributed by atoms with E-state index >= 15 is 0 Å². The number of ether oxygens (including phenoxy) is 2. The van der Waals surface area contributed by atoms with E-state index in [9.17, 15) is 14.9 Å². The van der Waals surface area contributed by atoms with Gasteiger partial charge in [0.25, 0.3) is 11.6 Å². The van der Waals surface area contributed by atoms with Gasteiger partial charge in [-0.3, -0.25) is 14.9 Å². The van der Waals surface area contributed by atoms with E-state index in [0.717, 1.165) is 31.6 Å². The molecule has 2 aliphatic heterocycles. The third-order valence-corrected chi connectivity index (χ3v) is 5.94.